The molecule has 0 unspecified atom stereocenters. The fourth-order valence-corrected chi connectivity index (χ4v) is 2.70. The first kappa shape index (κ1) is 28.4. The standard InChI is InChI=1S/C14H21NO3.C6H12N.C2H2O4/c1-2-3-4-7-10-18-11-12-8-5-6-9-13(12)15-14(16)17;1-2-7-5-3-4-6-7;3-1(4)2(5)6/h5-6,8-9,15H,2-4,7,10-11H2,1H3,(H,16,17);1-6H2;(H,3,4)(H,5,6)/p-3. The van der Waals surface area contributed by atoms with E-state index in [4.69, 9.17) is 24.5 Å². The Morgan fingerprint density at radius 1 is 1.03 bits per heavy atom. The predicted molar refractivity (Wildman–Crippen MR) is 110 cm³/mol. The van der Waals surface area contributed by atoms with Crippen molar-refractivity contribution >= 4 is 23.7 Å². The molecule has 1 aromatic rings. The van der Waals surface area contributed by atoms with Gasteiger partial charge in [-0.25, -0.2) is 0 Å². The van der Waals surface area contributed by atoms with Crippen molar-refractivity contribution in [3.05, 3.63) is 36.8 Å². The van der Waals surface area contributed by atoms with Gasteiger partial charge in [0.15, 0.2) is 0 Å². The maximum Gasteiger partial charge on any atom is 0.138 e. The second-order valence-corrected chi connectivity index (χ2v) is 6.81. The molecule has 1 radical (unpaired) electrons. The van der Waals surface area contributed by atoms with Crippen LogP contribution < -0.4 is 20.6 Å². The zero-order valence-corrected chi connectivity index (χ0v) is 18.1. The third-order valence-corrected chi connectivity index (χ3v) is 4.34. The van der Waals surface area contributed by atoms with Crippen LogP contribution in [0.15, 0.2) is 24.3 Å². The van der Waals surface area contributed by atoms with Crippen LogP contribution in [0.25, 0.3) is 0 Å². The molecule has 1 aromatic carbocycles. The van der Waals surface area contributed by atoms with Crippen LogP contribution >= 0.6 is 0 Å². The average Bonchev–Trinajstić information content (AvgIpc) is 3.26. The Hall–Kier alpha value is -2.65. The van der Waals surface area contributed by atoms with Gasteiger partial charge in [0.2, 0.25) is 0 Å². The Balaban J connectivity index is 0.000000563. The molecule has 1 amide bonds. The summed E-state index contributed by atoms with van der Waals surface area (Å²) in [5, 5.41) is 30.6. The number of para-hydroxylation sites is 1. The molecule has 0 spiro atoms. The zero-order chi connectivity index (χ0) is 23.5. The first-order valence-electron chi connectivity index (χ1n) is 10.4. The number of ether oxygens (including phenoxy) is 1. The van der Waals surface area contributed by atoms with Crippen molar-refractivity contribution in [3.63, 3.8) is 0 Å². The van der Waals surface area contributed by atoms with E-state index < -0.39 is 18.0 Å². The van der Waals surface area contributed by atoms with Gasteiger partial charge in [-0.2, -0.15) is 0 Å². The van der Waals surface area contributed by atoms with Gasteiger partial charge in [-0.15, -0.1) is 0 Å². The number of nitrogens with one attached hydrogen (secondary N) is 1. The molecular formula is C22H32N2O7-3. The van der Waals surface area contributed by atoms with Gasteiger partial charge in [0.05, 0.1) is 18.5 Å². The highest BCUT2D eigenvalue weighted by atomic mass is 16.5. The van der Waals surface area contributed by atoms with Crippen molar-refractivity contribution in [1.29, 1.82) is 0 Å². The van der Waals surface area contributed by atoms with Crippen LogP contribution in [0.5, 0.6) is 0 Å². The summed E-state index contributed by atoms with van der Waals surface area (Å²) >= 11 is 0. The number of anilines is 1. The number of nitrogens with zero attached hydrogens (tertiary/aromatic N) is 1. The van der Waals surface area contributed by atoms with Crippen molar-refractivity contribution in [3.8, 4) is 0 Å². The molecule has 1 fully saturated rings. The van der Waals surface area contributed by atoms with Crippen LogP contribution in [0.1, 0.15) is 51.0 Å². The quantitative estimate of drug-likeness (QED) is 0.419. The summed E-state index contributed by atoms with van der Waals surface area (Å²) in [6.45, 7) is 10.7. The lowest BCUT2D eigenvalue weighted by Gasteiger charge is -2.12. The molecule has 0 saturated carbocycles. The van der Waals surface area contributed by atoms with Crippen molar-refractivity contribution in [2.45, 2.75) is 52.1 Å². The number of rotatable bonds is 9. The van der Waals surface area contributed by atoms with Crippen molar-refractivity contribution in [2.24, 2.45) is 0 Å². The van der Waals surface area contributed by atoms with Crippen LogP contribution in [0.3, 0.4) is 0 Å². The first-order valence-corrected chi connectivity index (χ1v) is 10.4. The van der Waals surface area contributed by atoms with Gasteiger partial charge in [0.1, 0.15) is 6.09 Å². The average molecular weight is 437 g/mol. The molecule has 0 aliphatic carbocycles. The number of hydrogen-bond acceptors (Lipinski definition) is 8. The lowest BCUT2D eigenvalue weighted by molar-refractivity contribution is -0.345. The highest BCUT2D eigenvalue weighted by Gasteiger charge is 2.07. The number of aliphatic carboxylic acids is 2. The highest BCUT2D eigenvalue weighted by molar-refractivity contribution is 6.25. The fraction of sp³-hybridized carbons (Fsp3) is 0.545. The summed E-state index contributed by atoms with van der Waals surface area (Å²) in [4.78, 5) is 30.7. The smallest absolute Gasteiger partial charge is 0.138 e. The van der Waals surface area contributed by atoms with E-state index in [2.05, 4.69) is 24.1 Å². The maximum absolute atomic E-state index is 10.5. The monoisotopic (exact) mass is 436 g/mol. The Morgan fingerprint density at radius 2 is 1.65 bits per heavy atom. The molecular weight excluding hydrogens is 404 g/mol. The molecule has 31 heavy (non-hydrogen) atoms. The van der Waals surface area contributed by atoms with Crippen LogP contribution in [-0.4, -0.2) is 49.2 Å². The van der Waals surface area contributed by atoms with Crippen LogP contribution in [-0.2, 0) is 20.9 Å². The lowest BCUT2D eigenvalue weighted by atomic mass is 10.2. The van der Waals surface area contributed by atoms with E-state index >= 15 is 0 Å². The van der Waals surface area contributed by atoms with E-state index in [0.717, 1.165) is 18.5 Å². The van der Waals surface area contributed by atoms with Gasteiger partial charge >= 0.3 is 0 Å². The van der Waals surface area contributed by atoms with Crippen LogP contribution in [0, 0.1) is 6.92 Å². The van der Waals surface area contributed by atoms with Gasteiger partial charge in [-0.1, -0.05) is 44.4 Å². The summed E-state index contributed by atoms with van der Waals surface area (Å²) in [6, 6.07) is 7.18. The number of carbonyl (C=O) groups is 3. The number of hydrogen-bond donors (Lipinski definition) is 1. The van der Waals surface area contributed by atoms with Crippen molar-refractivity contribution in [2.75, 3.05) is 31.6 Å². The molecule has 175 valence electrons. The minimum absolute atomic E-state index is 0.419. The third kappa shape index (κ3) is 15.8. The highest BCUT2D eigenvalue weighted by Crippen LogP contribution is 2.16. The van der Waals surface area contributed by atoms with Crippen molar-refractivity contribution in [1.82, 2.24) is 4.90 Å². The number of carboxylic acid groups (broad SMARTS) is 3. The van der Waals surface area contributed by atoms with E-state index in [0.29, 0.717) is 18.9 Å². The largest absolute Gasteiger partial charge is 0.543 e. The second-order valence-electron chi connectivity index (χ2n) is 6.81. The van der Waals surface area contributed by atoms with Gasteiger partial charge in [-0.3, -0.25) is 0 Å². The Kier molecular flexibility index (Phi) is 16.6. The Labute approximate surface area is 184 Å². The number of benzene rings is 1. The van der Waals surface area contributed by atoms with Gasteiger partial charge in [0.25, 0.3) is 0 Å². The molecule has 0 atom stereocenters. The fourth-order valence-electron chi connectivity index (χ4n) is 2.70. The van der Waals surface area contributed by atoms with Crippen molar-refractivity contribution < 1.29 is 34.4 Å². The molecule has 1 aliphatic heterocycles. The molecule has 9 nitrogen and oxygen atoms in total. The van der Waals surface area contributed by atoms with E-state index in [1.807, 2.05) is 12.1 Å². The molecule has 9 heteroatoms. The molecule has 1 saturated heterocycles. The normalized spacial score (nSPS) is 12.7. The maximum atomic E-state index is 10.5. The number of carboxylic acids is 2. The molecule has 1 heterocycles. The van der Waals surface area contributed by atoms with Gasteiger partial charge in [0, 0.05) is 17.9 Å². The molecule has 0 aromatic heterocycles. The van der Waals surface area contributed by atoms with E-state index in [1.54, 1.807) is 12.1 Å². The van der Waals surface area contributed by atoms with Gasteiger partial charge in [-0.05, 0) is 51.9 Å². The Morgan fingerprint density at radius 3 is 2.13 bits per heavy atom. The predicted octanol–water partition coefficient (Wildman–Crippen LogP) is -0.0588. The minimum Gasteiger partial charge on any atom is -0.543 e. The molecule has 0 bridgehead atoms. The van der Waals surface area contributed by atoms with Gasteiger partial charge < -0.3 is 44.7 Å². The number of amides is 1. The minimum atomic E-state index is -2.19. The zero-order valence-electron chi connectivity index (χ0n) is 18.1. The first-order chi connectivity index (χ1) is 14.8. The number of likely N-dealkylation sites (tertiary alicyclic amines) is 1. The van der Waals surface area contributed by atoms with Crippen LogP contribution in [0.4, 0.5) is 10.5 Å². The van der Waals surface area contributed by atoms with Crippen LogP contribution in [0.2, 0.25) is 0 Å². The second kappa shape index (κ2) is 18.1. The topological polar surface area (TPSA) is 145 Å². The molecule has 1 N–H and O–H groups in total. The third-order valence-electron chi connectivity index (χ3n) is 4.34. The summed E-state index contributed by atoms with van der Waals surface area (Å²) in [7, 11) is 0. The lowest BCUT2D eigenvalue weighted by Crippen LogP contribution is -2.42. The summed E-state index contributed by atoms with van der Waals surface area (Å²) < 4.78 is 5.54. The molecule has 1 aliphatic rings. The number of unbranched alkanes of at least 4 members (excludes halogenated alkanes) is 3. The van der Waals surface area contributed by atoms with E-state index in [9.17, 15) is 9.90 Å². The number of carbonyl (C=O) groups excluding carboxylic acids is 3. The molecule has 2 rings (SSSR count). The summed E-state index contributed by atoms with van der Waals surface area (Å²) in [5.74, 6) is -4.37. The summed E-state index contributed by atoms with van der Waals surface area (Å²) in [6.07, 6.45) is 6.12. The SMILES string of the molecule is CCCCCCOCc1ccccc1NC(=O)[O-].O=C([O-])C(=O)[O-].[CH2]CN1CCCC1. The summed E-state index contributed by atoms with van der Waals surface area (Å²) in [5.41, 5.74) is 1.36. The Bertz CT molecular complexity index is 635. The van der Waals surface area contributed by atoms with E-state index in [-0.39, 0.29) is 0 Å². The van der Waals surface area contributed by atoms with E-state index in [1.165, 1.54) is 45.2 Å².